The standard InChI is InChI=1S/C21H11Cl2NO4/c22-13-7-8-14(16(23)10-13)19-20(28-21(26)12-4-3-9-24-11-12)18(25)15-5-1-2-6-17(15)27-19/h1-11H. The molecule has 138 valence electrons. The molecule has 0 aliphatic rings. The van der Waals surface area contributed by atoms with Gasteiger partial charge in [0.1, 0.15) is 5.58 Å². The minimum absolute atomic E-state index is 0.0441. The van der Waals surface area contributed by atoms with Crippen molar-refractivity contribution in [3.05, 3.63) is 92.8 Å². The van der Waals surface area contributed by atoms with Crippen molar-refractivity contribution in [3.8, 4) is 17.1 Å². The number of fused-ring (bicyclic) bond motifs is 1. The summed E-state index contributed by atoms with van der Waals surface area (Å²) in [6, 6.07) is 14.5. The Hall–Kier alpha value is -3.15. The third-order valence-corrected chi connectivity index (χ3v) is 4.57. The molecule has 0 N–H and O–H groups in total. The Labute approximate surface area is 169 Å². The fourth-order valence-corrected chi connectivity index (χ4v) is 3.20. The molecule has 0 bridgehead atoms. The smallest absolute Gasteiger partial charge is 0.345 e. The average molecular weight is 412 g/mol. The zero-order chi connectivity index (χ0) is 19.7. The van der Waals surface area contributed by atoms with Gasteiger partial charge in [0.25, 0.3) is 0 Å². The normalized spacial score (nSPS) is 10.8. The van der Waals surface area contributed by atoms with Crippen molar-refractivity contribution in [3.63, 3.8) is 0 Å². The Morgan fingerprint density at radius 3 is 2.61 bits per heavy atom. The highest BCUT2D eigenvalue weighted by Gasteiger charge is 2.22. The molecule has 0 spiro atoms. The second kappa shape index (κ2) is 7.46. The number of aromatic nitrogens is 1. The van der Waals surface area contributed by atoms with Gasteiger partial charge < -0.3 is 9.15 Å². The summed E-state index contributed by atoms with van der Waals surface area (Å²) in [5, 5.41) is 0.959. The fraction of sp³-hybridized carbons (Fsp3) is 0. The van der Waals surface area contributed by atoms with E-state index in [9.17, 15) is 9.59 Å². The number of hydrogen-bond donors (Lipinski definition) is 0. The lowest BCUT2D eigenvalue weighted by molar-refractivity contribution is 0.0731. The van der Waals surface area contributed by atoms with Crippen LogP contribution in [0.2, 0.25) is 10.0 Å². The number of carbonyl (C=O) groups is 1. The second-order valence-electron chi connectivity index (χ2n) is 5.84. The second-order valence-corrected chi connectivity index (χ2v) is 6.68. The van der Waals surface area contributed by atoms with E-state index in [0.717, 1.165) is 0 Å². The van der Waals surface area contributed by atoms with E-state index in [2.05, 4.69) is 4.98 Å². The maximum absolute atomic E-state index is 13.0. The summed E-state index contributed by atoms with van der Waals surface area (Å²) in [7, 11) is 0. The molecular weight excluding hydrogens is 401 g/mol. The SMILES string of the molecule is O=C(Oc1c(-c2ccc(Cl)cc2Cl)oc2ccccc2c1=O)c1cccnc1. The number of nitrogens with zero attached hydrogens (tertiary/aromatic N) is 1. The topological polar surface area (TPSA) is 69.4 Å². The molecular formula is C21H11Cl2NO4. The average Bonchev–Trinajstić information content (AvgIpc) is 2.71. The highest BCUT2D eigenvalue weighted by Crippen LogP contribution is 2.36. The van der Waals surface area contributed by atoms with Crippen molar-refractivity contribution in [2.75, 3.05) is 0 Å². The first-order valence-electron chi connectivity index (χ1n) is 8.18. The lowest BCUT2D eigenvalue weighted by Gasteiger charge is -2.11. The zero-order valence-corrected chi connectivity index (χ0v) is 15.7. The number of pyridine rings is 1. The Kier molecular flexibility index (Phi) is 4.86. The molecule has 0 fully saturated rings. The summed E-state index contributed by atoms with van der Waals surface area (Å²) in [4.78, 5) is 29.5. The molecule has 0 aliphatic heterocycles. The van der Waals surface area contributed by atoms with E-state index < -0.39 is 11.4 Å². The molecule has 2 heterocycles. The third kappa shape index (κ3) is 3.38. The molecule has 0 unspecified atom stereocenters. The lowest BCUT2D eigenvalue weighted by Crippen LogP contribution is -2.16. The van der Waals surface area contributed by atoms with Crippen LogP contribution in [-0.2, 0) is 0 Å². The van der Waals surface area contributed by atoms with Gasteiger partial charge in [0, 0.05) is 23.0 Å². The first kappa shape index (κ1) is 18.2. The van der Waals surface area contributed by atoms with Gasteiger partial charge in [-0.2, -0.15) is 0 Å². The Morgan fingerprint density at radius 1 is 1.04 bits per heavy atom. The quantitative estimate of drug-likeness (QED) is 0.423. The van der Waals surface area contributed by atoms with Crippen molar-refractivity contribution in [2.24, 2.45) is 0 Å². The van der Waals surface area contributed by atoms with Gasteiger partial charge >= 0.3 is 5.97 Å². The van der Waals surface area contributed by atoms with Gasteiger partial charge in [-0.05, 0) is 42.5 Å². The predicted molar refractivity (Wildman–Crippen MR) is 107 cm³/mol. The molecule has 2 aromatic carbocycles. The number of rotatable bonds is 3. The Morgan fingerprint density at radius 2 is 1.86 bits per heavy atom. The first-order valence-corrected chi connectivity index (χ1v) is 8.93. The van der Waals surface area contributed by atoms with Gasteiger partial charge in [0.2, 0.25) is 11.2 Å². The summed E-state index contributed by atoms with van der Waals surface area (Å²) in [5.41, 5.74) is 0.431. The summed E-state index contributed by atoms with van der Waals surface area (Å²) in [6.07, 6.45) is 2.88. The summed E-state index contributed by atoms with van der Waals surface area (Å²) >= 11 is 12.3. The van der Waals surface area contributed by atoms with Crippen LogP contribution in [0.4, 0.5) is 0 Å². The lowest BCUT2D eigenvalue weighted by atomic mass is 10.1. The molecule has 0 amide bonds. The van der Waals surface area contributed by atoms with Gasteiger partial charge in [0.05, 0.1) is 16.0 Å². The molecule has 28 heavy (non-hydrogen) atoms. The number of carbonyl (C=O) groups excluding carboxylic acids is 1. The monoisotopic (exact) mass is 411 g/mol. The number of esters is 1. The fourth-order valence-electron chi connectivity index (χ4n) is 2.70. The molecule has 0 aliphatic carbocycles. The largest absolute Gasteiger partial charge is 0.452 e. The molecule has 5 nitrogen and oxygen atoms in total. The molecule has 0 atom stereocenters. The van der Waals surface area contributed by atoms with Crippen molar-refractivity contribution in [1.82, 2.24) is 4.98 Å². The maximum atomic E-state index is 13.0. The van der Waals surface area contributed by atoms with Crippen molar-refractivity contribution >= 4 is 40.1 Å². The van der Waals surface area contributed by atoms with E-state index in [1.807, 2.05) is 0 Å². The molecule has 4 rings (SSSR count). The maximum Gasteiger partial charge on any atom is 0.345 e. The van der Waals surface area contributed by atoms with E-state index in [1.165, 1.54) is 24.5 Å². The molecule has 0 saturated carbocycles. The van der Waals surface area contributed by atoms with E-state index in [0.29, 0.717) is 16.2 Å². The van der Waals surface area contributed by atoms with Crippen LogP contribution in [0.1, 0.15) is 10.4 Å². The number of ether oxygens (including phenoxy) is 1. The van der Waals surface area contributed by atoms with E-state index in [1.54, 1.807) is 42.5 Å². The molecule has 0 radical (unpaired) electrons. The van der Waals surface area contributed by atoms with Crippen LogP contribution in [0.25, 0.3) is 22.3 Å². The highest BCUT2D eigenvalue weighted by molar-refractivity contribution is 6.36. The minimum atomic E-state index is -0.734. The highest BCUT2D eigenvalue weighted by atomic mass is 35.5. The van der Waals surface area contributed by atoms with Gasteiger partial charge in [0.15, 0.2) is 5.76 Å². The van der Waals surface area contributed by atoms with Crippen LogP contribution < -0.4 is 10.2 Å². The number of hydrogen-bond acceptors (Lipinski definition) is 5. The summed E-state index contributed by atoms with van der Waals surface area (Å²) in [6.45, 7) is 0. The molecule has 7 heteroatoms. The number of benzene rings is 2. The van der Waals surface area contributed by atoms with Gasteiger partial charge in [-0.25, -0.2) is 4.79 Å². The number of para-hydroxylation sites is 1. The molecule has 2 aromatic heterocycles. The Bertz CT molecular complexity index is 1250. The van der Waals surface area contributed by atoms with Crippen LogP contribution in [0.3, 0.4) is 0 Å². The van der Waals surface area contributed by atoms with Gasteiger partial charge in [-0.3, -0.25) is 9.78 Å². The predicted octanol–water partition coefficient (Wildman–Crippen LogP) is 5.38. The minimum Gasteiger partial charge on any atom is -0.452 e. The van der Waals surface area contributed by atoms with Crippen LogP contribution in [0, 0.1) is 0 Å². The Balaban J connectivity index is 1.94. The summed E-state index contributed by atoms with van der Waals surface area (Å²) < 4.78 is 11.3. The van der Waals surface area contributed by atoms with Crippen molar-refractivity contribution in [1.29, 1.82) is 0 Å². The third-order valence-electron chi connectivity index (χ3n) is 4.02. The van der Waals surface area contributed by atoms with Crippen LogP contribution >= 0.6 is 23.2 Å². The van der Waals surface area contributed by atoms with Crippen LogP contribution in [0.5, 0.6) is 5.75 Å². The van der Waals surface area contributed by atoms with E-state index in [-0.39, 0.29) is 27.5 Å². The van der Waals surface area contributed by atoms with Gasteiger partial charge in [-0.15, -0.1) is 0 Å². The molecule has 4 aromatic rings. The zero-order valence-electron chi connectivity index (χ0n) is 14.2. The van der Waals surface area contributed by atoms with E-state index >= 15 is 0 Å². The number of halogens is 2. The van der Waals surface area contributed by atoms with Gasteiger partial charge in [-0.1, -0.05) is 35.3 Å². The first-order chi connectivity index (χ1) is 13.5. The van der Waals surface area contributed by atoms with Crippen LogP contribution in [0.15, 0.2) is 76.2 Å². The molecule has 0 saturated heterocycles. The van der Waals surface area contributed by atoms with Crippen LogP contribution in [-0.4, -0.2) is 11.0 Å². The summed E-state index contributed by atoms with van der Waals surface area (Å²) in [5.74, 6) is -0.943. The van der Waals surface area contributed by atoms with Crippen molar-refractivity contribution in [2.45, 2.75) is 0 Å². The van der Waals surface area contributed by atoms with Crippen molar-refractivity contribution < 1.29 is 13.9 Å². The van der Waals surface area contributed by atoms with E-state index in [4.69, 9.17) is 32.4 Å².